The van der Waals surface area contributed by atoms with Crippen molar-refractivity contribution in [3.63, 3.8) is 0 Å². The maximum atomic E-state index is 9.11. The lowest BCUT2D eigenvalue weighted by Gasteiger charge is -2.30. The van der Waals surface area contributed by atoms with Gasteiger partial charge in [0, 0.05) is 38.8 Å². The molecule has 16 heavy (non-hydrogen) atoms. The van der Waals surface area contributed by atoms with Crippen molar-refractivity contribution in [3.8, 4) is 0 Å². The maximum absolute atomic E-state index is 9.11. The average molecular weight is 226 g/mol. The zero-order valence-corrected chi connectivity index (χ0v) is 10.9. The Balaban J connectivity index is 2.71. The Morgan fingerprint density at radius 1 is 1.44 bits per heavy atom. The van der Waals surface area contributed by atoms with Gasteiger partial charge in [-0.05, 0) is 18.9 Å². The minimum absolute atomic E-state index is 0.275. The first-order valence-corrected chi connectivity index (χ1v) is 6.13. The smallest absolute Gasteiger partial charge is 0.0446 e. The largest absolute Gasteiger partial charge is 0.396 e. The molecule has 1 aliphatic rings. The van der Waals surface area contributed by atoms with Crippen LogP contribution in [0, 0.1) is 5.41 Å². The van der Waals surface area contributed by atoms with E-state index in [9.17, 15) is 0 Å². The third kappa shape index (κ3) is 3.89. The standard InChI is InChI=1S/C13H26N2O/c1-5-7-15-9-12(6-8-16)14(4)10-13(2,3)11-15/h5,12,16H,1,6-11H2,2-4H3. The number of aliphatic hydroxyl groups is 1. The molecule has 94 valence electrons. The van der Waals surface area contributed by atoms with Crippen molar-refractivity contribution < 1.29 is 5.11 Å². The molecular weight excluding hydrogens is 200 g/mol. The Kier molecular flexibility index (Phi) is 4.96. The molecule has 0 saturated carbocycles. The predicted octanol–water partition coefficient (Wildman–Crippen LogP) is 1.20. The summed E-state index contributed by atoms with van der Waals surface area (Å²) in [6, 6.07) is 0.465. The second-order valence-corrected chi connectivity index (χ2v) is 5.73. The Labute approximate surface area is 99.7 Å². The van der Waals surface area contributed by atoms with Crippen molar-refractivity contribution in [3.05, 3.63) is 12.7 Å². The molecule has 0 aromatic rings. The van der Waals surface area contributed by atoms with Crippen molar-refractivity contribution in [2.24, 2.45) is 5.41 Å². The quantitative estimate of drug-likeness (QED) is 0.730. The molecule has 1 N–H and O–H groups in total. The highest BCUT2D eigenvalue weighted by molar-refractivity contribution is 4.88. The summed E-state index contributed by atoms with van der Waals surface area (Å²) in [5.74, 6) is 0. The van der Waals surface area contributed by atoms with E-state index in [2.05, 4.69) is 37.3 Å². The van der Waals surface area contributed by atoms with Crippen molar-refractivity contribution >= 4 is 0 Å². The van der Waals surface area contributed by atoms with Crippen LogP contribution in [0.1, 0.15) is 20.3 Å². The van der Waals surface area contributed by atoms with Crippen LogP contribution < -0.4 is 0 Å². The van der Waals surface area contributed by atoms with Gasteiger partial charge in [0.2, 0.25) is 0 Å². The van der Waals surface area contributed by atoms with Crippen LogP contribution in [-0.4, -0.2) is 60.8 Å². The van der Waals surface area contributed by atoms with Crippen LogP contribution in [-0.2, 0) is 0 Å². The van der Waals surface area contributed by atoms with Gasteiger partial charge in [-0.25, -0.2) is 0 Å². The van der Waals surface area contributed by atoms with Crippen LogP contribution in [0.5, 0.6) is 0 Å². The normalized spacial score (nSPS) is 27.6. The van der Waals surface area contributed by atoms with E-state index in [0.29, 0.717) is 11.5 Å². The first kappa shape index (κ1) is 13.7. The molecule has 1 fully saturated rings. The van der Waals surface area contributed by atoms with Crippen LogP contribution >= 0.6 is 0 Å². The van der Waals surface area contributed by atoms with Gasteiger partial charge in [-0.2, -0.15) is 0 Å². The molecule has 1 aliphatic heterocycles. The van der Waals surface area contributed by atoms with Crippen molar-refractivity contribution in [2.75, 3.05) is 39.8 Å². The van der Waals surface area contributed by atoms with E-state index in [4.69, 9.17) is 5.11 Å². The lowest BCUT2D eigenvalue weighted by atomic mass is 9.92. The van der Waals surface area contributed by atoms with Gasteiger partial charge in [-0.3, -0.25) is 4.90 Å². The van der Waals surface area contributed by atoms with Gasteiger partial charge >= 0.3 is 0 Å². The van der Waals surface area contributed by atoms with E-state index in [1.165, 1.54) is 0 Å². The van der Waals surface area contributed by atoms with E-state index in [1.807, 2.05) is 6.08 Å². The second kappa shape index (κ2) is 5.80. The van der Waals surface area contributed by atoms with E-state index in [0.717, 1.165) is 32.6 Å². The molecule has 1 unspecified atom stereocenters. The van der Waals surface area contributed by atoms with Crippen molar-refractivity contribution in [2.45, 2.75) is 26.3 Å². The molecule has 3 heteroatoms. The summed E-state index contributed by atoms with van der Waals surface area (Å²) in [5, 5.41) is 9.11. The summed E-state index contributed by atoms with van der Waals surface area (Å²) >= 11 is 0. The number of hydrogen-bond donors (Lipinski definition) is 1. The van der Waals surface area contributed by atoms with Crippen LogP contribution in [0.3, 0.4) is 0 Å². The SMILES string of the molecule is C=CCN1CC(CCO)N(C)CC(C)(C)C1. The van der Waals surface area contributed by atoms with Crippen LogP contribution in [0.4, 0.5) is 0 Å². The summed E-state index contributed by atoms with van der Waals surface area (Å²) in [7, 11) is 2.17. The van der Waals surface area contributed by atoms with Gasteiger partial charge in [0.1, 0.15) is 0 Å². The van der Waals surface area contributed by atoms with Gasteiger partial charge in [-0.15, -0.1) is 6.58 Å². The zero-order valence-electron chi connectivity index (χ0n) is 10.9. The van der Waals surface area contributed by atoms with Crippen LogP contribution in [0.2, 0.25) is 0 Å². The van der Waals surface area contributed by atoms with Gasteiger partial charge in [0.15, 0.2) is 0 Å². The molecule has 3 nitrogen and oxygen atoms in total. The highest BCUT2D eigenvalue weighted by atomic mass is 16.3. The van der Waals surface area contributed by atoms with Crippen molar-refractivity contribution in [1.82, 2.24) is 9.80 Å². The first-order chi connectivity index (χ1) is 7.48. The highest BCUT2D eigenvalue weighted by Gasteiger charge is 2.31. The molecule has 0 aliphatic carbocycles. The third-order valence-corrected chi connectivity index (χ3v) is 3.27. The van der Waals surface area contributed by atoms with E-state index in [1.54, 1.807) is 0 Å². The summed E-state index contributed by atoms with van der Waals surface area (Å²) in [4.78, 5) is 4.83. The van der Waals surface area contributed by atoms with Crippen LogP contribution in [0.25, 0.3) is 0 Å². The fourth-order valence-electron chi connectivity index (χ4n) is 2.74. The Hall–Kier alpha value is -0.380. The predicted molar refractivity (Wildman–Crippen MR) is 68.5 cm³/mol. The van der Waals surface area contributed by atoms with Gasteiger partial charge in [0.05, 0.1) is 0 Å². The fourth-order valence-corrected chi connectivity index (χ4v) is 2.74. The average Bonchev–Trinajstić information content (AvgIpc) is 2.24. The summed E-state index contributed by atoms with van der Waals surface area (Å²) in [5.41, 5.74) is 0.308. The molecule has 1 atom stereocenters. The Bertz CT molecular complexity index is 228. The number of aliphatic hydroxyl groups excluding tert-OH is 1. The Morgan fingerprint density at radius 3 is 2.69 bits per heavy atom. The van der Waals surface area contributed by atoms with Gasteiger partial charge < -0.3 is 10.0 Å². The summed E-state index contributed by atoms with van der Waals surface area (Å²) in [6.07, 6.45) is 2.83. The fraction of sp³-hybridized carbons (Fsp3) is 0.846. The monoisotopic (exact) mass is 226 g/mol. The summed E-state index contributed by atoms with van der Waals surface area (Å²) in [6.45, 7) is 12.9. The minimum Gasteiger partial charge on any atom is -0.396 e. The lowest BCUT2D eigenvalue weighted by molar-refractivity contribution is 0.160. The first-order valence-electron chi connectivity index (χ1n) is 6.13. The molecule has 0 amide bonds. The molecule has 0 spiro atoms. The zero-order chi connectivity index (χ0) is 12.2. The molecule has 0 bridgehead atoms. The van der Waals surface area contributed by atoms with Crippen LogP contribution in [0.15, 0.2) is 12.7 Å². The molecule has 1 rings (SSSR count). The molecular formula is C13H26N2O. The van der Waals surface area contributed by atoms with Crippen molar-refractivity contribution in [1.29, 1.82) is 0 Å². The molecule has 0 radical (unpaired) electrons. The molecule has 1 saturated heterocycles. The van der Waals surface area contributed by atoms with Gasteiger partial charge in [-0.1, -0.05) is 19.9 Å². The molecule has 1 heterocycles. The topological polar surface area (TPSA) is 26.7 Å². The molecule has 0 aromatic carbocycles. The minimum atomic E-state index is 0.275. The maximum Gasteiger partial charge on any atom is 0.0446 e. The van der Waals surface area contributed by atoms with E-state index >= 15 is 0 Å². The third-order valence-electron chi connectivity index (χ3n) is 3.27. The Morgan fingerprint density at radius 2 is 2.12 bits per heavy atom. The number of likely N-dealkylation sites (N-methyl/N-ethyl adjacent to an activating group) is 1. The summed E-state index contributed by atoms with van der Waals surface area (Å²) < 4.78 is 0. The number of rotatable bonds is 4. The van der Waals surface area contributed by atoms with E-state index in [-0.39, 0.29) is 6.61 Å². The second-order valence-electron chi connectivity index (χ2n) is 5.73. The van der Waals surface area contributed by atoms with Gasteiger partial charge in [0.25, 0.3) is 0 Å². The lowest BCUT2D eigenvalue weighted by Crippen LogP contribution is -2.39. The van der Waals surface area contributed by atoms with E-state index < -0.39 is 0 Å². The molecule has 0 aromatic heterocycles. The number of nitrogens with zero attached hydrogens (tertiary/aromatic N) is 2. The number of hydrogen-bond acceptors (Lipinski definition) is 3. The highest BCUT2D eigenvalue weighted by Crippen LogP contribution is 2.24.